The van der Waals surface area contributed by atoms with Crippen molar-refractivity contribution in [1.29, 1.82) is 0 Å². The highest BCUT2D eigenvalue weighted by atomic mass is 16.5. The van der Waals surface area contributed by atoms with Crippen LogP contribution in [0, 0.1) is 0 Å². The minimum atomic E-state index is -0.494. The normalized spacial score (nSPS) is 16.2. The average molecular weight is 326 g/mol. The molecule has 0 fully saturated rings. The Kier molecular flexibility index (Phi) is 2.86. The van der Waals surface area contributed by atoms with Gasteiger partial charge in [0, 0.05) is 10.9 Å². The zero-order chi connectivity index (χ0) is 17.0. The van der Waals surface area contributed by atoms with Gasteiger partial charge in [-0.3, -0.25) is 4.79 Å². The summed E-state index contributed by atoms with van der Waals surface area (Å²) in [5.41, 5.74) is 1.76. The van der Waals surface area contributed by atoms with E-state index in [1.165, 1.54) is 0 Å². The number of phenolic OH excluding ortho intramolecular Hbond substituents is 1. The molecule has 0 aliphatic carbocycles. The van der Waals surface area contributed by atoms with Crippen molar-refractivity contribution in [3.8, 4) is 11.5 Å². The quantitative estimate of drug-likeness (QED) is 0.405. The lowest BCUT2D eigenvalue weighted by molar-refractivity contribution is -0.133. The standard InChI is InChI=1S/C22H14O3/c23-18-11-10-17(15-7-3-4-8-16(15)18)21-20-14-6-2-1-5-13(14)9-12-19(20)25-22(21)24/h1-12,21,23H. The third kappa shape index (κ3) is 1.96. The minimum absolute atomic E-state index is 0.212. The third-order valence-electron chi connectivity index (χ3n) is 4.91. The minimum Gasteiger partial charge on any atom is -0.507 e. The van der Waals surface area contributed by atoms with Crippen LogP contribution < -0.4 is 4.74 Å². The molecule has 3 nitrogen and oxygen atoms in total. The molecule has 1 N–H and O–H groups in total. The molecule has 1 unspecified atom stereocenters. The number of phenols is 1. The van der Waals surface area contributed by atoms with Crippen molar-refractivity contribution in [2.75, 3.05) is 0 Å². The summed E-state index contributed by atoms with van der Waals surface area (Å²) in [6, 6.07) is 22.9. The fourth-order valence-corrected chi connectivity index (χ4v) is 3.79. The van der Waals surface area contributed by atoms with Crippen molar-refractivity contribution in [1.82, 2.24) is 0 Å². The molecule has 0 saturated carbocycles. The summed E-state index contributed by atoms with van der Waals surface area (Å²) in [7, 11) is 0. The summed E-state index contributed by atoms with van der Waals surface area (Å²) in [4.78, 5) is 12.7. The molecule has 3 heteroatoms. The number of hydrogen-bond donors (Lipinski definition) is 1. The molecular weight excluding hydrogens is 312 g/mol. The van der Waals surface area contributed by atoms with Crippen LogP contribution in [0.25, 0.3) is 21.5 Å². The Bertz CT molecular complexity index is 1160. The molecule has 4 aromatic carbocycles. The van der Waals surface area contributed by atoms with E-state index in [9.17, 15) is 9.90 Å². The smallest absolute Gasteiger partial charge is 0.323 e. The molecule has 0 saturated heterocycles. The van der Waals surface area contributed by atoms with Crippen LogP contribution in [0.4, 0.5) is 0 Å². The second-order valence-corrected chi connectivity index (χ2v) is 6.27. The molecule has 0 radical (unpaired) electrons. The topological polar surface area (TPSA) is 46.5 Å². The van der Waals surface area contributed by atoms with Crippen LogP contribution in [0.15, 0.2) is 72.8 Å². The summed E-state index contributed by atoms with van der Waals surface area (Å²) < 4.78 is 5.56. The van der Waals surface area contributed by atoms with Gasteiger partial charge in [0.2, 0.25) is 0 Å². The molecule has 1 heterocycles. The van der Waals surface area contributed by atoms with Gasteiger partial charge >= 0.3 is 5.97 Å². The third-order valence-corrected chi connectivity index (χ3v) is 4.91. The number of ether oxygens (including phenoxy) is 1. The van der Waals surface area contributed by atoms with Crippen LogP contribution in [-0.4, -0.2) is 11.1 Å². The number of benzene rings is 4. The van der Waals surface area contributed by atoms with Crippen molar-refractivity contribution >= 4 is 27.5 Å². The van der Waals surface area contributed by atoms with E-state index < -0.39 is 5.92 Å². The Morgan fingerprint density at radius 1 is 0.760 bits per heavy atom. The van der Waals surface area contributed by atoms with E-state index >= 15 is 0 Å². The van der Waals surface area contributed by atoms with Crippen LogP contribution in [0.5, 0.6) is 11.5 Å². The average Bonchev–Trinajstić information content (AvgIpc) is 2.99. The molecule has 120 valence electrons. The first kappa shape index (κ1) is 14.1. The van der Waals surface area contributed by atoms with E-state index in [4.69, 9.17) is 4.74 Å². The van der Waals surface area contributed by atoms with Gasteiger partial charge in [-0.1, -0.05) is 60.7 Å². The van der Waals surface area contributed by atoms with Gasteiger partial charge in [0.05, 0.1) is 0 Å². The van der Waals surface area contributed by atoms with Gasteiger partial charge in [-0.2, -0.15) is 0 Å². The molecule has 0 spiro atoms. The van der Waals surface area contributed by atoms with Crippen molar-refractivity contribution in [3.63, 3.8) is 0 Å². The van der Waals surface area contributed by atoms with Crippen LogP contribution in [0.1, 0.15) is 17.0 Å². The van der Waals surface area contributed by atoms with Crippen molar-refractivity contribution < 1.29 is 14.6 Å². The maximum atomic E-state index is 12.7. The molecule has 1 aliphatic heterocycles. The Hall–Kier alpha value is -3.33. The molecule has 5 rings (SSSR count). The van der Waals surface area contributed by atoms with Crippen molar-refractivity contribution in [3.05, 3.63) is 83.9 Å². The number of hydrogen-bond acceptors (Lipinski definition) is 3. The Labute approximate surface area is 144 Å². The largest absolute Gasteiger partial charge is 0.507 e. The predicted molar refractivity (Wildman–Crippen MR) is 97.0 cm³/mol. The van der Waals surface area contributed by atoms with Gasteiger partial charge in [0.25, 0.3) is 0 Å². The molecule has 0 bridgehead atoms. The van der Waals surface area contributed by atoms with Crippen LogP contribution in [0.2, 0.25) is 0 Å². The lowest BCUT2D eigenvalue weighted by atomic mass is 9.86. The number of fused-ring (bicyclic) bond motifs is 4. The molecule has 1 aliphatic rings. The molecule has 4 aromatic rings. The van der Waals surface area contributed by atoms with E-state index in [1.807, 2.05) is 66.7 Å². The predicted octanol–water partition coefficient (Wildman–Crippen LogP) is 4.75. The zero-order valence-electron chi connectivity index (χ0n) is 13.3. The van der Waals surface area contributed by atoms with E-state index in [-0.39, 0.29) is 11.7 Å². The van der Waals surface area contributed by atoms with Crippen LogP contribution >= 0.6 is 0 Å². The summed E-state index contributed by atoms with van der Waals surface area (Å²) in [5, 5.41) is 13.9. The van der Waals surface area contributed by atoms with E-state index in [0.717, 1.165) is 32.7 Å². The summed E-state index contributed by atoms with van der Waals surface area (Å²) in [6.07, 6.45) is 0. The van der Waals surface area contributed by atoms with Gasteiger partial charge in [-0.15, -0.1) is 0 Å². The SMILES string of the molecule is O=C1Oc2ccc3ccccc3c2C1c1ccc(O)c2ccccc12. The number of rotatable bonds is 1. The maximum absolute atomic E-state index is 12.7. The number of carbonyl (C=O) groups is 1. The Morgan fingerprint density at radius 3 is 2.32 bits per heavy atom. The highest BCUT2D eigenvalue weighted by Gasteiger charge is 2.37. The first-order valence-corrected chi connectivity index (χ1v) is 8.18. The maximum Gasteiger partial charge on any atom is 0.323 e. The zero-order valence-corrected chi connectivity index (χ0v) is 13.3. The molecule has 1 atom stereocenters. The molecule has 0 aromatic heterocycles. The van der Waals surface area contributed by atoms with Crippen LogP contribution in [-0.2, 0) is 4.79 Å². The number of aromatic hydroxyl groups is 1. The highest BCUT2D eigenvalue weighted by Crippen LogP contribution is 2.45. The highest BCUT2D eigenvalue weighted by molar-refractivity contribution is 6.03. The van der Waals surface area contributed by atoms with Gasteiger partial charge in [-0.05, 0) is 33.9 Å². The Balaban J connectivity index is 1.85. The van der Waals surface area contributed by atoms with Crippen molar-refractivity contribution in [2.24, 2.45) is 0 Å². The fraction of sp³-hybridized carbons (Fsp3) is 0.0455. The second kappa shape index (κ2) is 5.08. The first-order valence-electron chi connectivity index (χ1n) is 8.18. The molecular formula is C22H14O3. The molecule has 0 amide bonds. The van der Waals surface area contributed by atoms with Gasteiger partial charge in [0.15, 0.2) is 0 Å². The first-order chi connectivity index (χ1) is 12.2. The Morgan fingerprint density at radius 2 is 1.48 bits per heavy atom. The van der Waals surface area contributed by atoms with Crippen LogP contribution in [0.3, 0.4) is 0 Å². The van der Waals surface area contributed by atoms with Gasteiger partial charge in [0.1, 0.15) is 17.4 Å². The lowest BCUT2D eigenvalue weighted by Gasteiger charge is -2.14. The molecule has 25 heavy (non-hydrogen) atoms. The lowest BCUT2D eigenvalue weighted by Crippen LogP contribution is -2.12. The number of carbonyl (C=O) groups excluding carboxylic acids is 1. The second-order valence-electron chi connectivity index (χ2n) is 6.27. The summed E-state index contributed by atoms with van der Waals surface area (Å²) in [6.45, 7) is 0. The summed E-state index contributed by atoms with van der Waals surface area (Å²) >= 11 is 0. The van der Waals surface area contributed by atoms with E-state index in [1.54, 1.807) is 6.07 Å². The van der Waals surface area contributed by atoms with Gasteiger partial charge < -0.3 is 9.84 Å². The fourth-order valence-electron chi connectivity index (χ4n) is 3.79. The van der Waals surface area contributed by atoms with Gasteiger partial charge in [-0.25, -0.2) is 0 Å². The van der Waals surface area contributed by atoms with E-state index in [2.05, 4.69) is 0 Å². The summed E-state index contributed by atoms with van der Waals surface area (Å²) in [5.74, 6) is 0.0588. The number of esters is 1. The van der Waals surface area contributed by atoms with E-state index in [0.29, 0.717) is 5.75 Å². The monoisotopic (exact) mass is 326 g/mol. The van der Waals surface area contributed by atoms with Crippen molar-refractivity contribution in [2.45, 2.75) is 5.92 Å².